The summed E-state index contributed by atoms with van der Waals surface area (Å²) in [7, 11) is 0. The molecule has 0 fully saturated rings. The van der Waals surface area contributed by atoms with Crippen LogP contribution in [0.5, 0.6) is 0 Å². The highest BCUT2D eigenvalue weighted by Crippen LogP contribution is 2.38. The summed E-state index contributed by atoms with van der Waals surface area (Å²) < 4.78 is 0. The van der Waals surface area contributed by atoms with Crippen molar-refractivity contribution in [2.45, 2.75) is 0 Å². The SMILES string of the molecule is O=Cc1ccc(-c2ccc(C(=C(c3ccccc3)c3ccc(-c4ccccc4)cc3)c3ccccc3)cc2)cc1. The maximum absolute atomic E-state index is 11.1. The van der Waals surface area contributed by atoms with Crippen LogP contribution in [0.3, 0.4) is 0 Å². The Morgan fingerprint density at radius 2 is 0.625 bits per heavy atom. The molecular weight excluding hydrogens is 484 g/mol. The number of carbonyl (C=O) groups excluding carboxylic acids is 1. The third-order valence-corrected chi connectivity index (χ3v) is 7.21. The summed E-state index contributed by atoms with van der Waals surface area (Å²) in [5, 5.41) is 0. The third-order valence-electron chi connectivity index (χ3n) is 7.21. The van der Waals surface area contributed by atoms with Gasteiger partial charge in [-0.15, -0.1) is 0 Å². The minimum atomic E-state index is 0.681. The van der Waals surface area contributed by atoms with Crippen LogP contribution in [0.2, 0.25) is 0 Å². The van der Waals surface area contributed by atoms with Gasteiger partial charge in [0.1, 0.15) is 6.29 Å². The van der Waals surface area contributed by atoms with Gasteiger partial charge in [0.15, 0.2) is 0 Å². The Kier molecular flexibility index (Phi) is 7.28. The quantitative estimate of drug-likeness (QED) is 0.154. The second-order valence-electron chi connectivity index (χ2n) is 9.74. The van der Waals surface area contributed by atoms with Crippen LogP contribution in [-0.4, -0.2) is 6.29 Å². The van der Waals surface area contributed by atoms with Crippen LogP contribution in [0.25, 0.3) is 33.4 Å². The van der Waals surface area contributed by atoms with E-state index in [0.717, 1.165) is 28.5 Å². The topological polar surface area (TPSA) is 17.1 Å². The molecule has 0 spiro atoms. The van der Waals surface area contributed by atoms with E-state index in [1.165, 1.54) is 33.4 Å². The molecule has 0 saturated carbocycles. The average molecular weight is 513 g/mol. The summed E-state index contributed by atoms with van der Waals surface area (Å²) in [5.74, 6) is 0. The summed E-state index contributed by atoms with van der Waals surface area (Å²) in [6, 6.07) is 57.1. The van der Waals surface area contributed by atoms with Crippen molar-refractivity contribution in [2.75, 3.05) is 0 Å². The predicted octanol–water partition coefficient (Wildman–Crippen LogP) is 9.84. The van der Waals surface area contributed by atoms with E-state index in [1.807, 2.05) is 30.3 Å². The van der Waals surface area contributed by atoms with E-state index in [1.54, 1.807) is 0 Å². The minimum absolute atomic E-state index is 0.681. The minimum Gasteiger partial charge on any atom is -0.298 e. The van der Waals surface area contributed by atoms with Crippen molar-refractivity contribution in [2.24, 2.45) is 0 Å². The fraction of sp³-hybridized carbons (Fsp3) is 0. The summed E-state index contributed by atoms with van der Waals surface area (Å²) in [5.41, 5.74) is 12.3. The Labute approximate surface area is 235 Å². The highest BCUT2D eigenvalue weighted by Gasteiger charge is 2.16. The molecule has 40 heavy (non-hydrogen) atoms. The Hall–Kier alpha value is -5.27. The van der Waals surface area contributed by atoms with E-state index in [2.05, 4.69) is 133 Å². The number of rotatable bonds is 7. The largest absolute Gasteiger partial charge is 0.298 e. The standard InChI is InChI=1S/C39H28O/c40-28-29-16-18-31(19-17-29)33-22-26-37(27-23-33)39(35-14-8-3-9-15-35)38(34-12-6-2-7-13-34)36-24-20-32(21-25-36)30-10-4-1-5-11-30/h1-28H. The molecule has 0 atom stereocenters. The van der Waals surface area contributed by atoms with Crippen LogP contribution in [-0.2, 0) is 0 Å². The van der Waals surface area contributed by atoms with E-state index in [0.29, 0.717) is 5.56 Å². The molecule has 6 aromatic carbocycles. The normalized spacial score (nSPS) is 11.5. The van der Waals surface area contributed by atoms with Crippen molar-refractivity contribution in [3.8, 4) is 22.3 Å². The van der Waals surface area contributed by atoms with Crippen LogP contribution in [0.15, 0.2) is 164 Å². The number of carbonyl (C=O) groups is 1. The second kappa shape index (κ2) is 11.6. The van der Waals surface area contributed by atoms with Crippen molar-refractivity contribution in [3.63, 3.8) is 0 Å². The van der Waals surface area contributed by atoms with Crippen molar-refractivity contribution < 1.29 is 4.79 Å². The predicted molar refractivity (Wildman–Crippen MR) is 167 cm³/mol. The van der Waals surface area contributed by atoms with Gasteiger partial charge in [-0.2, -0.15) is 0 Å². The Balaban J connectivity index is 1.52. The Morgan fingerprint density at radius 3 is 1.00 bits per heavy atom. The first-order valence-electron chi connectivity index (χ1n) is 13.5. The smallest absolute Gasteiger partial charge is 0.150 e. The van der Waals surface area contributed by atoms with E-state index in [4.69, 9.17) is 0 Å². The summed E-state index contributed by atoms with van der Waals surface area (Å²) in [4.78, 5) is 11.1. The first kappa shape index (κ1) is 25.0. The molecule has 6 aromatic rings. The molecule has 1 nitrogen and oxygen atoms in total. The molecule has 1 heteroatoms. The van der Waals surface area contributed by atoms with Crippen molar-refractivity contribution in [3.05, 3.63) is 192 Å². The number of hydrogen-bond acceptors (Lipinski definition) is 1. The van der Waals surface area contributed by atoms with Crippen molar-refractivity contribution in [1.29, 1.82) is 0 Å². The van der Waals surface area contributed by atoms with Gasteiger partial charge in [0, 0.05) is 5.56 Å². The first-order valence-corrected chi connectivity index (χ1v) is 13.5. The van der Waals surface area contributed by atoms with Gasteiger partial charge in [-0.05, 0) is 55.7 Å². The van der Waals surface area contributed by atoms with E-state index >= 15 is 0 Å². The molecule has 0 heterocycles. The third kappa shape index (κ3) is 5.32. The first-order chi connectivity index (χ1) is 19.8. The molecule has 0 aliphatic carbocycles. The molecule has 0 bridgehead atoms. The fourth-order valence-electron chi connectivity index (χ4n) is 5.16. The van der Waals surface area contributed by atoms with Gasteiger partial charge in [0.25, 0.3) is 0 Å². The molecule has 190 valence electrons. The molecule has 6 rings (SSSR count). The molecule has 0 saturated heterocycles. The van der Waals surface area contributed by atoms with E-state index in [-0.39, 0.29) is 0 Å². The van der Waals surface area contributed by atoms with E-state index < -0.39 is 0 Å². The lowest BCUT2D eigenvalue weighted by molar-refractivity contribution is 0.112. The zero-order valence-electron chi connectivity index (χ0n) is 22.1. The number of aldehydes is 1. The monoisotopic (exact) mass is 512 g/mol. The van der Waals surface area contributed by atoms with Gasteiger partial charge < -0.3 is 0 Å². The molecule has 0 aromatic heterocycles. The number of benzene rings is 6. The molecule has 0 unspecified atom stereocenters. The van der Waals surface area contributed by atoms with Crippen LogP contribution in [0, 0.1) is 0 Å². The van der Waals surface area contributed by atoms with Gasteiger partial charge in [-0.1, -0.05) is 164 Å². The zero-order valence-corrected chi connectivity index (χ0v) is 22.1. The highest BCUT2D eigenvalue weighted by molar-refractivity contribution is 6.04. The summed E-state index contributed by atoms with van der Waals surface area (Å²) in [6.45, 7) is 0. The molecule has 0 N–H and O–H groups in total. The molecule has 0 amide bonds. The van der Waals surface area contributed by atoms with Crippen molar-refractivity contribution in [1.82, 2.24) is 0 Å². The average Bonchev–Trinajstić information content (AvgIpc) is 3.05. The summed E-state index contributed by atoms with van der Waals surface area (Å²) in [6.07, 6.45) is 0.876. The molecule has 0 aliphatic rings. The zero-order chi connectivity index (χ0) is 27.1. The second-order valence-corrected chi connectivity index (χ2v) is 9.74. The molecular formula is C39H28O. The van der Waals surface area contributed by atoms with Gasteiger partial charge in [-0.25, -0.2) is 0 Å². The lowest BCUT2D eigenvalue weighted by Gasteiger charge is -2.19. The van der Waals surface area contributed by atoms with Gasteiger partial charge >= 0.3 is 0 Å². The lowest BCUT2D eigenvalue weighted by atomic mass is 9.85. The Morgan fingerprint density at radius 1 is 0.325 bits per heavy atom. The van der Waals surface area contributed by atoms with Crippen molar-refractivity contribution >= 4 is 17.4 Å². The summed E-state index contributed by atoms with van der Waals surface area (Å²) >= 11 is 0. The Bertz CT molecular complexity index is 1730. The maximum Gasteiger partial charge on any atom is 0.150 e. The lowest BCUT2D eigenvalue weighted by Crippen LogP contribution is -1.97. The van der Waals surface area contributed by atoms with Crippen LogP contribution in [0.4, 0.5) is 0 Å². The van der Waals surface area contributed by atoms with Crippen LogP contribution >= 0.6 is 0 Å². The van der Waals surface area contributed by atoms with Gasteiger partial charge in [0.05, 0.1) is 0 Å². The van der Waals surface area contributed by atoms with Crippen LogP contribution < -0.4 is 0 Å². The maximum atomic E-state index is 11.1. The van der Waals surface area contributed by atoms with E-state index in [9.17, 15) is 4.79 Å². The fourth-order valence-corrected chi connectivity index (χ4v) is 5.16. The highest BCUT2D eigenvalue weighted by atomic mass is 16.1. The van der Waals surface area contributed by atoms with Crippen LogP contribution in [0.1, 0.15) is 32.6 Å². The number of hydrogen-bond donors (Lipinski definition) is 0. The van der Waals surface area contributed by atoms with Gasteiger partial charge in [0.2, 0.25) is 0 Å². The molecule has 0 radical (unpaired) electrons. The van der Waals surface area contributed by atoms with Gasteiger partial charge in [-0.3, -0.25) is 4.79 Å². The molecule has 0 aliphatic heterocycles.